The van der Waals surface area contributed by atoms with Crippen LogP contribution in [0.25, 0.3) is 0 Å². The molecule has 0 aliphatic heterocycles. The Hall–Kier alpha value is -2.22. The monoisotopic (exact) mass is 451 g/mol. The van der Waals surface area contributed by atoms with Crippen molar-refractivity contribution in [2.45, 2.75) is 84.7 Å². The van der Waals surface area contributed by atoms with Gasteiger partial charge in [-0.15, -0.1) is 0 Å². The minimum absolute atomic E-state index is 0.0535. The fourth-order valence-corrected chi connectivity index (χ4v) is 3.31. The molecule has 174 valence electrons. The summed E-state index contributed by atoms with van der Waals surface area (Å²) in [7, 11) is 0. The highest BCUT2D eigenvalue weighted by atomic mass is 32.1. The Balaban J connectivity index is 3.38. The van der Waals surface area contributed by atoms with Crippen LogP contribution >= 0.6 is 12.6 Å². The third kappa shape index (κ3) is 8.44. The van der Waals surface area contributed by atoms with Crippen LogP contribution in [0.1, 0.15) is 67.0 Å². The summed E-state index contributed by atoms with van der Waals surface area (Å²) < 4.78 is 5.30. The van der Waals surface area contributed by atoms with E-state index in [9.17, 15) is 14.4 Å². The van der Waals surface area contributed by atoms with Gasteiger partial charge in [-0.2, -0.15) is 12.6 Å². The Kier molecular flexibility index (Phi) is 9.42. The molecule has 1 aromatic rings. The van der Waals surface area contributed by atoms with Gasteiger partial charge in [0.05, 0.1) is 0 Å². The number of ether oxygens (including phenoxy) is 1. The summed E-state index contributed by atoms with van der Waals surface area (Å²) in [5.74, 6) is -0.654. The number of carbonyl (C=O) groups excluding carboxylic acids is 3. The lowest BCUT2D eigenvalue weighted by Gasteiger charge is -2.43. The van der Waals surface area contributed by atoms with Gasteiger partial charge in [0.1, 0.15) is 17.7 Å². The lowest BCUT2D eigenvalue weighted by atomic mass is 9.95. The van der Waals surface area contributed by atoms with Crippen molar-refractivity contribution in [2.24, 2.45) is 0 Å². The van der Waals surface area contributed by atoms with Crippen LogP contribution in [0, 0.1) is 0 Å². The molecule has 8 heteroatoms. The first-order valence-corrected chi connectivity index (χ1v) is 11.1. The summed E-state index contributed by atoms with van der Waals surface area (Å²) in [4.78, 5) is 40.7. The van der Waals surface area contributed by atoms with Crippen LogP contribution in [0.5, 0.6) is 0 Å². The summed E-state index contributed by atoms with van der Waals surface area (Å²) in [6.07, 6.45) is -0.711. The van der Waals surface area contributed by atoms with Gasteiger partial charge in [-0.3, -0.25) is 9.59 Å². The quantitative estimate of drug-likeness (QED) is 0.552. The highest BCUT2D eigenvalue weighted by Gasteiger charge is 2.41. The Morgan fingerprint density at radius 2 is 1.55 bits per heavy atom. The van der Waals surface area contributed by atoms with Crippen molar-refractivity contribution >= 4 is 30.5 Å². The van der Waals surface area contributed by atoms with Crippen LogP contribution in [0.4, 0.5) is 4.79 Å². The van der Waals surface area contributed by atoms with Crippen LogP contribution in [0.2, 0.25) is 0 Å². The zero-order chi connectivity index (χ0) is 24.0. The lowest BCUT2D eigenvalue weighted by Crippen LogP contribution is -2.59. The SMILES string of the molecule is CC(C)NC(=O)C(c1ccccc1)N(C(=O)C(CS)NC(=O)OC(C)(C)C)C(C)(C)C. The van der Waals surface area contributed by atoms with E-state index in [4.69, 9.17) is 4.74 Å². The third-order valence-electron chi connectivity index (χ3n) is 4.18. The highest BCUT2D eigenvalue weighted by Crippen LogP contribution is 2.30. The average Bonchev–Trinajstić information content (AvgIpc) is 2.61. The number of rotatable bonds is 7. The van der Waals surface area contributed by atoms with Gasteiger partial charge in [0.25, 0.3) is 0 Å². The molecule has 0 heterocycles. The Morgan fingerprint density at radius 1 is 1.00 bits per heavy atom. The third-order valence-corrected chi connectivity index (χ3v) is 4.55. The summed E-state index contributed by atoms with van der Waals surface area (Å²) >= 11 is 4.28. The number of carbonyl (C=O) groups is 3. The standard InChI is InChI=1S/C23H37N3O4S/c1-15(2)24-19(27)18(16-12-10-9-11-13-16)26(22(3,4)5)20(28)17(14-31)25-21(29)30-23(6,7)8/h9-13,15,17-18,31H,14H2,1-8H3,(H,24,27)(H,25,29). The largest absolute Gasteiger partial charge is 0.444 e. The number of alkyl carbamates (subject to hydrolysis) is 1. The summed E-state index contributed by atoms with van der Waals surface area (Å²) in [5, 5.41) is 5.51. The second-order valence-electron chi connectivity index (χ2n) is 9.74. The molecule has 7 nitrogen and oxygen atoms in total. The topological polar surface area (TPSA) is 87.7 Å². The molecule has 0 radical (unpaired) electrons. The van der Waals surface area contributed by atoms with Crippen molar-refractivity contribution in [3.8, 4) is 0 Å². The van der Waals surface area contributed by atoms with Crippen molar-refractivity contribution < 1.29 is 19.1 Å². The van der Waals surface area contributed by atoms with Gasteiger partial charge in [0.15, 0.2) is 0 Å². The Labute approximate surface area is 191 Å². The number of hydrogen-bond acceptors (Lipinski definition) is 5. The van der Waals surface area contributed by atoms with E-state index < -0.39 is 35.2 Å². The maximum Gasteiger partial charge on any atom is 0.408 e. The molecular weight excluding hydrogens is 414 g/mol. The molecule has 2 N–H and O–H groups in total. The molecule has 0 saturated heterocycles. The molecule has 0 fully saturated rings. The fraction of sp³-hybridized carbons (Fsp3) is 0.609. The van der Waals surface area contributed by atoms with Gasteiger partial charge in [-0.25, -0.2) is 4.79 Å². The first-order chi connectivity index (χ1) is 14.2. The first kappa shape index (κ1) is 26.8. The normalized spacial score (nSPS) is 13.9. The minimum Gasteiger partial charge on any atom is -0.444 e. The van der Waals surface area contributed by atoms with E-state index in [0.29, 0.717) is 5.56 Å². The van der Waals surface area contributed by atoms with E-state index in [1.807, 2.05) is 65.0 Å². The molecule has 1 rings (SSSR count). The van der Waals surface area contributed by atoms with Crippen LogP contribution in [-0.4, -0.2) is 51.8 Å². The van der Waals surface area contributed by atoms with E-state index in [2.05, 4.69) is 23.3 Å². The van der Waals surface area contributed by atoms with Crippen molar-refractivity contribution in [1.29, 1.82) is 0 Å². The van der Waals surface area contributed by atoms with Gasteiger partial charge in [0, 0.05) is 17.3 Å². The van der Waals surface area contributed by atoms with Gasteiger partial charge < -0.3 is 20.3 Å². The predicted octanol–water partition coefficient (Wildman–Crippen LogP) is 3.70. The zero-order valence-electron chi connectivity index (χ0n) is 19.9. The summed E-state index contributed by atoms with van der Waals surface area (Å²) in [6.45, 7) is 14.5. The summed E-state index contributed by atoms with van der Waals surface area (Å²) in [6, 6.07) is 7.19. The van der Waals surface area contributed by atoms with Crippen LogP contribution in [-0.2, 0) is 14.3 Å². The number of amides is 3. The molecule has 0 aliphatic carbocycles. The molecule has 2 atom stereocenters. The minimum atomic E-state index is -0.963. The van der Waals surface area contributed by atoms with Gasteiger partial charge in [-0.1, -0.05) is 30.3 Å². The number of hydrogen-bond donors (Lipinski definition) is 3. The number of nitrogens with one attached hydrogen (secondary N) is 2. The highest BCUT2D eigenvalue weighted by molar-refractivity contribution is 7.80. The van der Waals surface area contributed by atoms with Crippen molar-refractivity contribution in [3.05, 3.63) is 35.9 Å². The smallest absolute Gasteiger partial charge is 0.408 e. The molecule has 0 saturated carbocycles. The second-order valence-corrected chi connectivity index (χ2v) is 10.1. The van der Waals surface area contributed by atoms with E-state index in [1.54, 1.807) is 20.8 Å². The van der Waals surface area contributed by atoms with E-state index >= 15 is 0 Å². The van der Waals surface area contributed by atoms with E-state index in [-0.39, 0.29) is 17.7 Å². The van der Waals surface area contributed by atoms with Crippen LogP contribution in [0.3, 0.4) is 0 Å². The summed E-state index contributed by atoms with van der Waals surface area (Å²) in [5.41, 5.74) is -0.746. The predicted molar refractivity (Wildman–Crippen MR) is 126 cm³/mol. The molecule has 0 bridgehead atoms. The lowest BCUT2D eigenvalue weighted by molar-refractivity contribution is -0.148. The molecule has 0 spiro atoms. The molecule has 1 aromatic carbocycles. The fourth-order valence-electron chi connectivity index (χ4n) is 3.06. The molecule has 0 aromatic heterocycles. The van der Waals surface area contributed by atoms with Gasteiger partial charge in [-0.05, 0) is 61.0 Å². The van der Waals surface area contributed by atoms with Crippen molar-refractivity contribution in [1.82, 2.24) is 15.5 Å². The maximum absolute atomic E-state index is 13.7. The molecule has 31 heavy (non-hydrogen) atoms. The Bertz CT molecular complexity index is 754. The second kappa shape index (κ2) is 10.9. The molecule has 3 amide bonds. The van der Waals surface area contributed by atoms with Crippen molar-refractivity contribution in [3.63, 3.8) is 0 Å². The Morgan fingerprint density at radius 3 is 1.97 bits per heavy atom. The number of benzene rings is 1. The molecule has 2 unspecified atom stereocenters. The van der Waals surface area contributed by atoms with Crippen molar-refractivity contribution in [2.75, 3.05) is 5.75 Å². The number of nitrogens with zero attached hydrogens (tertiary/aromatic N) is 1. The van der Waals surface area contributed by atoms with E-state index in [0.717, 1.165) is 0 Å². The maximum atomic E-state index is 13.7. The molecule has 0 aliphatic rings. The zero-order valence-corrected chi connectivity index (χ0v) is 20.7. The molecular formula is C23H37N3O4S. The van der Waals surface area contributed by atoms with Crippen LogP contribution < -0.4 is 10.6 Å². The number of thiol groups is 1. The van der Waals surface area contributed by atoms with Crippen LogP contribution in [0.15, 0.2) is 30.3 Å². The first-order valence-electron chi connectivity index (χ1n) is 10.5. The van der Waals surface area contributed by atoms with E-state index in [1.165, 1.54) is 4.90 Å². The van der Waals surface area contributed by atoms with Gasteiger partial charge >= 0.3 is 6.09 Å². The van der Waals surface area contributed by atoms with Gasteiger partial charge in [0.2, 0.25) is 11.8 Å². The average molecular weight is 452 g/mol.